The van der Waals surface area contributed by atoms with Crippen LogP contribution in [0.2, 0.25) is 0 Å². The fraction of sp³-hybridized carbons (Fsp3) is 0.300. The first-order valence-electron chi connectivity index (χ1n) is 4.06. The van der Waals surface area contributed by atoms with Crippen molar-refractivity contribution in [3.8, 4) is 0 Å². The van der Waals surface area contributed by atoms with Gasteiger partial charge in [0, 0.05) is 5.33 Å². The molecule has 13 heavy (non-hydrogen) atoms. The van der Waals surface area contributed by atoms with E-state index in [4.69, 9.17) is 4.74 Å². The predicted octanol–water partition coefficient (Wildman–Crippen LogP) is 2.63. The van der Waals surface area contributed by atoms with Gasteiger partial charge in [-0.05, 0) is 19.1 Å². The summed E-state index contributed by atoms with van der Waals surface area (Å²) in [5, 5.41) is 0.658. The van der Waals surface area contributed by atoms with Gasteiger partial charge in [-0.1, -0.05) is 34.1 Å². The number of hydrogen-bond donors (Lipinski definition) is 0. The highest BCUT2D eigenvalue weighted by Gasteiger charge is 2.09. The van der Waals surface area contributed by atoms with Gasteiger partial charge in [-0.25, -0.2) is 4.79 Å². The molecule has 1 aromatic carbocycles. The van der Waals surface area contributed by atoms with E-state index in [0.717, 1.165) is 0 Å². The molecule has 1 rings (SSSR count). The number of alkyl halides is 1. The second kappa shape index (κ2) is 5.02. The molecule has 0 aromatic heterocycles. The molecular formula is C10H11BrO2. The van der Waals surface area contributed by atoms with Crippen LogP contribution in [0.25, 0.3) is 0 Å². The minimum absolute atomic E-state index is 0.0901. The van der Waals surface area contributed by atoms with Gasteiger partial charge in [-0.2, -0.15) is 0 Å². The van der Waals surface area contributed by atoms with Gasteiger partial charge in [-0.15, -0.1) is 0 Å². The molecule has 0 heterocycles. The molecule has 1 unspecified atom stereocenters. The number of hydrogen-bond acceptors (Lipinski definition) is 2. The van der Waals surface area contributed by atoms with Crippen LogP contribution in [0.5, 0.6) is 0 Å². The van der Waals surface area contributed by atoms with Crippen molar-refractivity contribution >= 4 is 21.9 Å². The lowest BCUT2D eigenvalue weighted by molar-refractivity contribution is 0.0388. The molecular weight excluding hydrogens is 232 g/mol. The Morgan fingerprint density at radius 1 is 1.46 bits per heavy atom. The lowest BCUT2D eigenvalue weighted by atomic mass is 10.2. The largest absolute Gasteiger partial charge is 0.458 e. The highest BCUT2D eigenvalue weighted by molar-refractivity contribution is 9.09. The van der Waals surface area contributed by atoms with Gasteiger partial charge >= 0.3 is 5.97 Å². The van der Waals surface area contributed by atoms with Gasteiger partial charge in [0.15, 0.2) is 0 Å². The lowest BCUT2D eigenvalue weighted by Crippen LogP contribution is -2.15. The maximum atomic E-state index is 11.4. The van der Waals surface area contributed by atoms with Crippen LogP contribution in [0.4, 0.5) is 0 Å². The van der Waals surface area contributed by atoms with Crippen molar-refractivity contribution < 1.29 is 9.53 Å². The average molecular weight is 243 g/mol. The highest BCUT2D eigenvalue weighted by atomic mass is 79.9. The molecule has 0 aliphatic heterocycles. The first-order chi connectivity index (χ1) is 6.24. The van der Waals surface area contributed by atoms with Crippen LogP contribution in [0.3, 0.4) is 0 Å². The molecule has 0 radical (unpaired) electrons. The Labute approximate surface area is 86.0 Å². The van der Waals surface area contributed by atoms with E-state index in [1.807, 2.05) is 25.1 Å². The Bertz CT molecular complexity index is 272. The number of rotatable bonds is 3. The molecule has 0 amide bonds. The molecule has 3 heteroatoms. The van der Waals surface area contributed by atoms with Crippen LogP contribution in [0.1, 0.15) is 17.3 Å². The smallest absolute Gasteiger partial charge is 0.338 e. The third kappa shape index (κ3) is 3.19. The van der Waals surface area contributed by atoms with Crippen molar-refractivity contribution in [2.75, 3.05) is 5.33 Å². The monoisotopic (exact) mass is 242 g/mol. The first-order valence-corrected chi connectivity index (χ1v) is 5.18. The average Bonchev–Trinajstić information content (AvgIpc) is 2.19. The van der Waals surface area contributed by atoms with Crippen molar-refractivity contribution in [1.82, 2.24) is 0 Å². The SMILES string of the molecule is CC(CBr)OC(=O)c1ccccc1. The van der Waals surface area contributed by atoms with Crippen molar-refractivity contribution in [2.45, 2.75) is 13.0 Å². The molecule has 1 atom stereocenters. The van der Waals surface area contributed by atoms with Crippen molar-refractivity contribution in [3.63, 3.8) is 0 Å². The second-order valence-electron chi connectivity index (χ2n) is 2.74. The lowest BCUT2D eigenvalue weighted by Gasteiger charge is -2.09. The summed E-state index contributed by atoms with van der Waals surface area (Å²) in [7, 11) is 0. The minimum atomic E-state index is -0.271. The normalized spacial score (nSPS) is 12.2. The number of ether oxygens (including phenoxy) is 1. The van der Waals surface area contributed by atoms with Gasteiger partial charge < -0.3 is 4.74 Å². The fourth-order valence-corrected chi connectivity index (χ4v) is 0.989. The maximum Gasteiger partial charge on any atom is 0.338 e. The molecule has 0 N–H and O–H groups in total. The van der Waals surface area contributed by atoms with Crippen LogP contribution >= 0.6 is 15.9 Å². The van der Waals surface area contributed by atoms with Gasteiger partial charge in [0.1, 0.15) is 6.10 Å². The van der Waals surface area contributed by atoms with E-state index in [9.17, 15) is 4.79 Å². The quantitative estimate of drug-likeness (QED) is 0.602. The highest BCUT2D eigenvalue weighted by Crippen LogP contribution is 2.04. The van der Waals surface area contributed by atoms with E-state index in [1.165, 1.54) is 0 Å². The van der Waals surface area contributed by atoms with Crippen molar-refractivity contribution in [3.05, 3.63) is 35.9 Å². The Morgan fingerprint density at radius 2 is 2.08 bits per heavy atom. The zero-order valence-electron chi connectivity index (χ0n) is 7.37. The fourth-order valence-electron chi connectivity index (χ4n) is 0.856. The van der Waals surface area contributed by atoms with E-state index in [1.54, 1.807) is 12.1 Å². The molecule has 0 aliphatic carbocycles. The molecule has 0 bridgehead atoms. The number of carbonyl (C=O) groups excluding carboxylic acids is 1. The molecule has 0 aliphatic rings. The third-order valence-corrected chi connectivity index (χ3v) is 2.45. The van der Waals surface area contributed by atoms with Gasteiger partial charge in [-0.3, -0.25) is 0 Å². The van der Waals surface area contributed by atoms with E-state index in [2.05, 4.69) is 15.9 Å². The molecule has 0 spiro atoms. The van der Waals surface area contributed by atoms with Crippen LogP contribution in [0.15, 0.2) is 30.3 Å². The summed E-state index contributed by atoms with van der Waals surface area (Å²) < 4.78 is 5.10. The van der Waals surface area contributed by atoms with Crippen LogP contribution < -0.4 is 0 Å². The molecule has 70 valence electrons. The van der Waals surface area contributed by atoms with Gasteiger partial charge in [0.2, 0.25) is 0 Å². The zero-order chi connectivity index (χ0) is 9.68. The number of benzene rings is 1. The van der Waals surface area contributed by atoms with Crippen molar-refractivity contribution in [1.29, 1.82) is 0 Å². The second-order valence-corrected chi connectivity index (χ2v) is 3.38. The number of esters is 1. The third-order valence-electron chi connectivity index (χ3n) is 1.54. The topological polar surface area (TPSA) is 26.3 Å². The van der Waals surface area contributed by atoms with Crippen LogP contribution in [-0.2, 0) is 4.74 Å². The van der Waals surface area contributed by atoms with Gasteiger partial charge in [0.25, 0.3) is 0 Å². The maximum absolute atomic E-state index is 11.4. The summed E-state index contributed by atoms with van der Waals surface area (Å²) in [4.78, 5) is 11.4. The Balaban J connectivity index is 2.59. The molecule has 1 aromatic rings. The Hall–Kier alpha value is -0.830. The number of carbonyl (C=O) groups is 1. The molecule has 2 nitrogen and oxygen atoms in total. The standard InChI is InChI=1S/C10H11BrO2/c1-8(7-11)13-10(12)9-5-3-2-4-6-9/h2-6,8H,7H2,1H3. The van der Waals surface area contributed by atoms with E-state index >= 15 is 0 Å². The Morgan fingerprint density at radius 3 is 2.62 bits per heavy atom. The van der Waals surface area contributed by atoms with E-state index < -0.39 is 0 Å². The van der Waals surface area contributed by atoms with E-state index in [-0.39, 0.29) is 12.1 Å². The van der Waals surface area contributed by atoms with Crippen LogP contribution in [-0.4, -0.2) is 17.4 Å². The Kier molecular flexibility index (Phi) is 3.96. The molecule has 0 saturated heterocycles. The minimum Gasteiger partial charge on any atom is -0.458 e. The molecule has 0 saturated carbocycles. The van der Waals surface area contributed by atoms with E-state index in [0.29, 0.717) is 10.9 Å². The number of halogens is 1. The first kappa shape index (κ1) is 10.3. The summed E-state index contributed by atoms with van der Waals surface area (Å²) >= 11 is 3.24. The van der Waals surface area contributed by atoms with Crippen LogP contribution in [0, 0.1) is 0 Å². The molecule has 0 fully saturated rings. The summed E-state index contributed by atoms with van der Waals surface area (Å²) in [5.41, 5.74) is 0.593. The summed E-state index contributed by atoms with van der Waals surface area (Å²) in [6, 6.07) is 8.97. The zero-order valence-corrected chi connectivity index (χ0v) is 8.95. The van der Waals surface area contributed by atoms with Gasteiger partial charge in [0.05, 0.1) is 5.56 Å². The summed E-state index contributed by atoms with van der Waals surface area (Å²) in [6.45, 7) is 1.84. The van der Waals surface area contributed by atoms with Crippen molar-refractivity contribution in [2.24, 2.45) is 0 Å². The predicted molar refractivity (Wildman–Crippen MR) is 55.1 cm³/mol. The summed E-state index contributed by atoms with van der Waals surface area (Å²) in [6.07, 6.45) is -0.0901. The summed E-state index contributed by atoms with van der Waals surface area (Å²) in [5.74, 6) is -0.271.